The molecule has 19 heavy (non-hydrogen) atoms. The van der Waals surface area contributed by atoms with Gasteiger partial charge in [0.25, 0.3) is 0 Å². The van der Waals surface area contributed by atoms with E-state index in [4.69, 9.17) is 14.7 Å². The second kappa shape index (κ2) is 6.41. The maximum absolute atomic E-state index is 12.9. The summed E-state index contributed by atoms with van der Waals surface area (Å²) in [6, 6.07) is 14.9. The van der Waals surface area contributed by atoms with Gasteiger partial charge in [0.05, 0.1) is 11.6 Å². The van der Waals surface area contributed by atoms with Crippen LogP contribution in [-0.4, -0.2) is 13.2 Å². The zero-order chi connectivity index (χ0) is 13.5. The van der Waals surface area contributed by atoms with E-state index in [2.05, 4.69) is 0 Å². The first-order valence-electron chi connectivity index (χ1n) is 5.79. The molecular formula is C15H12FNO2. The van der Waals surface area contributed by atoms with E-state index in [-0.39, 0.29) is 5.82 Å². The maximum atomic E-state index is 12.9. The van der Waals surface area contributed by atoms with Gasteiger partial charge >= 0.3 is 0 Å². The molecule has 3 nitrogen and oxygen atoms in total. The van der Waals surface area contributed by atoms with Crippen molar-refractivity contribution in [3.05, 3.63) is 59.9 Å². The summed E-state index contributed by atoms with van der Waals surface area (Å²) in [6.07, 6.45) is 0. The van der Waals surface area contributed by atoms with Crippen LogP contribution in [0.2, 0.25) is 0 Å². The molecule has 0 heterocycles. The first-order valence-corrected chi connectivity index (χ1v) is 5.79. The maximum Gasteiger partial charge on any atom is 0.126 e. The molecular weight excluding hydrogens is 245 g/mol. The summed E-state index contributed by atoms with van der Waals surface area (Å²) in [5.74, 6) is 0.747. The van der Waals surface area contributed by atoms with Gasteiger partial charge in [-0.15, -0.1) is 0 Å². The minimum Gasteiger partial charge on any atom is -0.490 e. The smallest absolute Gasteiger partial charge is 0.126 e. The highest BCUT2D eigenvalue weighted by Gasteiger charge is 1.98. The van der Waals surface area contributed by atoms with Crippen molar-refractivity contribution in [1.82, 2.24) is 0 Å². The highest BCUT2D eigenvalue weighted by atomic mass is 19.1. The van der Waals surface area contributed by atoms with E-state index < -0.39 is 0 Å². The first kappa shape index (κ1) is 12.9. The van der Waals surface area contributed by atoms with Crippen molar-refractivity contribution in [3.8, 4) is 17.6 Å². The Morgan fingerprint density at radius 3 is 2.21 bits per heavy atom. The van der Waals surface area contributed by atoms with Crippen LogP contribution in [0.1, 0.15) is 5.56 Å². The van der Waals surface area contributed by atoms with Crippen LogP contribution in [0.4, 0.5) is 4.39 Å². The molecule has 0 unspecified atom stereocenters. The molecule has 0 atom stereocenters. The van der Waals surface area contributed by atoms with Gasteiger partial charge in [-0.2, -0.15) is 5.26 Å². The van der Waals surface area contributed by atoms with Crippen LogP contribution in [0.5, 0.6) is 11.5 Å². The number of benzene rings is 2. The van der Waals surface area contributed by atoms with Gasteiger partial charge in [-0.25, -0.2) is 4.39 Å². The summed E-state index contributed by atoms with van der Waals surface area (Å²) in [7, 11) is 0. The number of nitrogens with zero attached hydrogens (tertiary/aromatic N) is 1. The average Bonchev–Trinajstić information content (AvgIpc) is 2.44. The van der Waals surface area contributed by atoms with Gasteiger partial charge in [0, 0.05) is 6.07 Å². The fourth-order valence-corrected chi connectivity index (χ4v) is 1.53. The zero-order valence-electron chi connectivity index (χ0n) is 10.2. The lowest BCUT2D eigenvalue weighted by molar-refractivity contribution is 0.216. The van der Waals surface area contributed by atoms with E-state index in [1.165, 1.54) is 12.1 Å². The molecule has 0 bridgehead atoms. The van der Waals surface area contributed by atoms with E-state index >= 15 is 0 Å². The topological polar surface area (TPSA) is 42.2 Å². The Morgan fingerprint density at radius 2 is 1.58 bits per heavy atom. The predicted molar refractivity (Wildman–Crippen MR) is 68.5 cm³/mol. The molecule has 0 aliphatic heterocycles. The fraction of sp³-hybridized carbons (Fsp3) is 0.133. The molecule has 0 fully saturated rings. The summed E-state index contributed by atoms with van der Waals surface area (Å²) in [4.78, 5) is 0. The number of ether oxygens (including phenoxy) is 2. The Bertz CT molecular complexity index is 593. The molecule has 0 radical (unpaired) electrons. The molecule has 0 aliphatic carbocycles. The number of halogens is 1. The Morgan fingerprint density at radius 1 is 0.947 bits per heavy atom. The van der Waals surface area contributed by atoms with E-state index in [1.54, 1.807) is 36.4 Å². The van der Waals surface area contributed by atoms with Gasteiger partial charge in [0.15, 0.2) is 0 Å². The van der Waals surface area contributed by atoms with Crippen molar-refractivity contribution in [2.75, 3.05) is 13.2 Å². The van der Waals surface area contributed by atoms with Gasteiger partial charge in [-0.05, 0) is 30.3 Å². The molecule has 0 aromatic heterocycles. The van der Waals surface area contributed by atoms with Crippen LogP contribution < -0.4 is 9.47 Å². The van der Waals surface area contributed by atoms with Crippen molar-refractivity contribution >= 4 is 0 Å². The number of rotatable bonds is 5. The summed E-state index contributed by atoms with van der Waals surface area (Å²) in [5.41, 5.74) is 0.545. The zero-order valence-corrected chi connectivity index (χ0v) is 10.2. The van der Waals surface area contributed by atoms with Gasteiger partial charge in [-0.1, -0.05) is 12.1 Å². The summed E-state index contributed by atoms with van der Waals surface area (Å²) in [5, 5.41) is 8.74. The fourth-order valence-electron chi connectivity index (χ4n) is 1.53. The highest BCUT2D eigenvalue weighted by molar-refractivity contribution is 5.36. The van der Waals surface area contributed by atoms with Crippen LogP contribution in [0.3, 0.4) is 0 Å². The van der Waals surface area contributed by atoms with E-state index in [0.717, 1.165) is 0 Å². The van der Waals surface area contributed by atoms with Crippen LogP contribution in [0.25, 0.3) is 0 Å². The molecule has 0 saturated carbocycles. The second-order valence-corrected chi connectivity index (χ2v) is 3.79. The third-order valence-corrected chi connectivity index (χ3v) is 2.38. The molecule has 0 spiro atoms. The Kier molecular flexibility index (Phi) is 4.35. The molecule has 2 aromatic carbocycles. The van der Waals surface area contributed by atoms with Crippen molar-refractivity contribution in [2.24, 2.45) is 0 Å². The summed E-state index contributed by atoms with van der Waals surface area (Å²) >= 11 is 0. The Hall–Kier alpha value is -2.54. The minimum atomic E-state index is -0.333. The van der Waals surface area contributed by atoms with Crippen molar-refractivity contribution in [2.45, 2.75) is 0 Å². The van der Waals surface area contributed by atoms with Crippen molar-refractivity contribution in [3.63, 3.8) is 0 Å². The molecule has 0 N–H and O–H groups in total. The van der Waals surface area contributed by atoms with Crippen LogP contribution in [0, 0.1) is 17.1 Å². The van der Waals surface area contributed by atoms with E-state index in [9.17, 15) is 4.39 Å². The van der Waals surface area contributed by atoms with Crippen LogP contribution in [0.15, 0.2) is 48.5 Å². The van der Waals surface area contributed by atoms with Crippen molar-refractivity contribution in [1.29, 1.82) is 5.26 Å². The molecule has 0 amide bonds. The second-order valence-electron chi connectivity index (χ2n) is 3.79. The lowest BCUT2D eigenvalue weighted by atomic mass is 10.2. The van der Waals surface area contributed by atoms with Gasteiger partial charge < -0.3 is 9.47 Å². The number of hydrogen-bond acceptors (Lipinski definition) is 3. The van der Waals surface area contributed by atoms with Gasteiger partial charge in [-0.3, -0.25) is 0 Å². The highest BCUT2D eigenvalue weighted by Crippen LogP contribution is 2.14. The quantitative estimate of drug-likeness (QED) is 0.773. The molecule has 96 valence electrons. The third kappa shape index (κ3) is 4.00. The molecule has 2 rings (SSSR count). The van der Waals surface area contributed by atoms with Crippen LogP contribution in [-0.2, 0) is 0 Å². The SMILES string of the molecule is N#Cc1cccc(OCCOc2cccc(F)c2)c1. The minimum absolute atomic E-state index is 0.306. The van der Waals surface area contributed by atoms with Crippen molar-refractivity contribution < 1.29 is 13.9 Å². The van der Waals surface area contributed by atoms with E-state index in [0.29, 0.717) is 30.3 Å². The predicted octanol–water partition coefficient (Wildman–Crippen LogP) is 3.16. The lowest BCUT2D eigenvalue weighted by Crippen LogP contribution is -2.09. The average molecular weight is 257 g/mol. The largest absolute Gasteiger partial charge is 0.490 e. The summed E-state index contributed by atoms with van der Waals surface area (Å²) < 4.78 is 23.6. The van der Waals surface area contributed by atoms with Gasteiger partial charge in [0.1, 0.15) is 30.5 Å². The molecule has 2 aromatic rings. The Balaban J connectivity index is 1.79. The standard InChI is InChI=1S/C15H12FNO2/c16-13-4-2-6-15(10-13)19-8-7-18-14-5-1-3-12(9-14)11-17/h1-6,9-10H,7-8H2. The number of hydrogen-bond donors (Lipinski definition) is 0. The summed E-state index contributed by atoms with van der Waals surface area (Å²) in [6.45, 7) is 0.631. The van der Waals surface area contributed by atoms with E-state index in [1.807, 2.05) is 6.07 Å². The third-order valence-electron chi connectivity index (χ3n) is 2.38. The Labute approximate surface area is 110 Å². The monoisotopic (exact) mass is 257 g/mol. The first-order chi connectivity index (χ1) is 9.28. The number of nitriles is 1. The molecule has 0 aliphatic rings. The van der Waals surface area contributed by atoms with Crippen LogP contribution >= 0.6 is 0 Å². The van der Waals surface area contributed by atoms with Gasteiger partial charge in [0.2, 0.25) is 0 Å². The lowest BCUT2D eigenvalue weighted by Gasteiger charge is -2.08. The molecule has 4 heteroatoms. The molecule has 0 saturated heterocycles. The normalized spacial score (nSPS) is 9.68.